The Morgan fingerprint density at radius 1 is 1.09 bits per heavy atom. The van der Waals surface area contributed by atoms with Crippen molar-refractivity contribution in [2.45, 2.75) is 11.8 Å². The molecule has 0 aliphatic heterocycles. The summed E-state index contributed by atoms with van der Waals surface area (Å²) in [6, 6.07) is 10.4. The molecule has 2 heterocycles. The number of H-pyrrole nitrogens is 1. The van der Waals surface area contributed by atoms with Crippen molar-refractivity contribution in [1.82, 2.24) is 20.2 Å². The van der Waals surface area contributed by atoms with Gasteiger partial charge in [-0.3, -0.25) is 9.82 Å². The fourth-order valence-electron chi connectivity index (χ4n) is 3.08. The van der Waals surface area contributed by atoms with Crippen LogP contribution in [0.4, 0.5) is 20.4 Å². The fourth-order valence-corrected chi connectivity index (χ4v) is 4.22. The van der Waals surface area contributed by atoms with Gasteiger partial charge in [0, 0.05) is 29.6 Å². The number of aromatic amines is 1. The van der Waals surface area contributed by atoms with E-state index in [-0.39, 0.29) is 5.69 Å². The molecule has 8 nitrogen and oxygen atoms in total. The van der Waals surface area contributed by atoms with Crippen LogP contribution in [0.2, 0.25) is 0 Å². The van der Waals surface area contributed by atoms with Crippen molar-refractivity contribution < 1.29 is 17.2 Å². The molecule has 4 rings (SSSR count). The second-order valence-corrected chi connectivity index (χ2v) is 8.37. The van der Waals surface area contributed by atoms with E-state index in [9.17, 15) is 17.2 Å². The monoisotopic (exact) mass is 456 g/mol. The lowest BCUT2D eigenvalue weighted by Crippen LogP contribution is -2.15. The van der Waals surface area contributed by atoms with Crippen molar-refractivity contribution in [3.8, 4) is 22.5 Å². The summed E-state index contributed by atoms with van der Waals surface area (Å²) in [6.45, 7) is 2.59. The maximum absolute atomic E-state index is 14.0. The maximum Gasteiger partial charge on any atom is 0.264 e. The number of benzene rings is 2. The van der Waals surface area contributed by atoms with Gasteiger partial charge in [0.2, 0.25) is 5.95 Å². The average molecular weight is 456 g/mol. The Bertz CT molecular complexity index is 1370. The summed E-state index contributed by atoms with van der Waals surface area (Å²) >= 11 is 0. The largest absolute Gasteiger partial charge is 0.354 e. The van der Waals surface area contributed by atoms with Crippen molar-refractivity contribution in [1.29, 1.82) is 0 Å². The first-order chi connectivity index (χ1) is 15.4. The Labute approximate surface area is 182 Å². The molecule has 0 aliphatic rings. The number of rotatable bonds is 7. The highest BCUT2D eigenvalue weighted by molar-refractivity contribution is 7.92. The van der Waals surface area contributed by atoms with E-state index in [1.807, 2.05) is 6.92 Å². The van der Waals surface area contributed by atoms with Gasteiger partial charge in [-0.05, 0) is 43.3 Å². The minimum Gasteiger partial charge on any atom is -0.354 e. The molecule has 3 N–H and O–H groups in total. The normalized spacial score (nSPS) is 11.3. The summed E-state index contributed by atoms with van der Waals surface area (Å²) < 4.78 is 54.9. The number of aromatic nitrogens is 4. The summed E-state index contributed by atoms with van der Waals surface area (Å²) in [7, 11) is -4.35. The average Bonchev–Trinajstić information content (AvgIpc) is 3.26. The zero-order valence-corrected chi connectivity index (χ0v) is 17.6. The third-order valence-corrected chi connectivity index (χ3v) is 5.89. The quantitative estimate of drug-likeness (QED) is 0.387. The summed E-state index contributed by atoms with van der Waals surface area (Å²) in [5.74, 6) is -1.44. The van der Waals surface area contributed by atoms with Crippen LogP contribution in [0, 0.1) is 11.6 Å². The van der Waals surface area contributed by atoms with Crippen LogP contribution >= 0.6 is 0 Å². The van der Waals surface area contributed by atoms with Crippen LogP contribution in [0.1, 0.15) is 6.92 Å². The lowest BCUT2D eigenvalue weighted by atomic mass is 10.1. The fraction of sp³-hybridized carbons (Fsp3) is 0.0952. The van der Waals surface area contributed by atoms with Crippen molar-refractivity contribution in [2.24, 2.45) is 0 Å². The maximum atomic E-state index is 14.0. The second kappa shape index (κ2) is 8.71. The molecule has 0 unspecified atom stereocenters. The number of halogens is 2. The Morgan fingerprint density at radius 3 is 2.75 bits per heavy atom. The third-order valence-electron chi connectivity index (χ3n) is 4.49. The van der Waals surface area contributed by atoms with Crippen molar-refractivity contribution in [3.63, 3.8) is 0 Å². The van der Waals surface area contributed by atoms with Gasteiger partial charge in [0.1, 0.15) is 16.5 Å². The third kappa shape index (κ3) is 4.42. The minimum atomic E-state index is -4.35. The zero-order chi connectivity index (χ0) is 22.7. The molecule has 0 radical (unpaired) electrons. The number of sulfonamides is 1. The van der Waals surface area contributed by atoms with Crippen LogP contribution in [0.5, 0.6) is 0 Å². The molecule has 0 saturated carbocycles. The summed E-state index contributed by atoms with van der Waals surface area (Å²) in [6.07, 6.45) is 3.22. The topological polar surface area (TPSA) is 113 Å². The Balaban J connectivity index is 1.67. The van der Waals surface area contributed by atoms with Crippen LogP contribution in [0.25, 0.3) is 22.5 Å². The van der Waals surface area contributed by atoms with Gasteiger partial charge in [-0.1, -0.05) is 12.1 Å². The summed E-state index contributed by atoms with van der Waals surface area (Å²) in [5, 5.41) is 10.0. The lowest BCUT2D eigenvalue weighted by molar-refractivity contribution is 0.555. The summed E-state index contributed by atoms with van der Waals surface area (Å²) in [4.78, 5) is 7.83. The van der Waals surface area contributed by atoms with Crippen LogP contribution in [0.3, 0.4) is 0 Å². The molecular formula is C21H18F2N6O2S. The molecule has 2 aromatic heterocycles. The Hall–Kier alpha value is -3.86. The minimum absolute atomic E-state index is 0.169. The standard InChI is InChI=1S/C21H18F2N6O2S/c1-2-24-21-25-9-8-18(27-21)16-12-26-28-20(16)13-4-3-5-15(10-13)29-32(30,31)19-11-14(22)6-7-17(19)23/h3-12,29H,2H2,1H3,(H,26,28)(H,24,25,27). The molecule has 4 aromatic rings. The molecule has 0 atom stereocenters. The SMILES string of the molecule is CCNc1nccc(-c2cn[nH]c2-c2cccc(NS(=O)(=O)c3cc(F)ccc3F)c2)n1. The van der Waals surface area contributed by atoms with Gasteiger partial charge < -0.3 is 5.32 Å². The number of hydrogen-bond acceptors (Lipinski definition) is 6. The molecule has 2 aromatic carbocycles. The highest BCUT2D eigenvalue weighted by Gasteiger charge is 2.21. The van der Waals surface area contributed by atoms with Crippen LogP contribution in [-0.2, 0) is 10.0 Å². The van der Waals surface area contributed by atoms with E-state index in [2.05, 4.69) is 30.2 Å². The lowest BCUT2D eigenvalue weighted by Gasteiger charge is -2.11. The van der Waals surface area contributed by atoms with Crippen LogP contribution in [0.15, 0.2) is 65.8 Å². The van der Waals surface area contributed by atoms with Crippen LogP contribution < -0.4 is 10.0 Å². The highest BCUT2D eigenvalue weighted by Crippen LogP contribution is 2.31. The highest BCUT2D eigenvalue weighted by atomic mass is 32.2. The molecule has 0 aliphatic carbocycles. The van der Waals surface area contributed by atoms with Gasteiger partial charge in [-0.15, -0.1) is 0 Å². The second-order valence-electron chi connectivity index (χ2n) is 6.72. The van der Waals surface area contributed by atoms with Gasteiger partial charge >= 0.3 is 0 Å². The zero-order valence-electron chi connectivity index (χ0n) is 16.8. The molecule has 11 heteroatoms. The predicted octanol–water partition coefficient (Wildman–Crippen LogP) is 4.04. The molecule has 32 heavy (non-hydrogen) atoms. The van der Waals surface area contributed by atoms with E-state index in [0.29, 0.717) is 41.1 Å². The van der Waals surface area contributed by atoms with Crippen molar-refractivity contribution in [3.05, 3.63) is 72.6 Å². The van der Waals surface area contributed by atoms with Gasteiger partial charge in [0.25, 0.3) is 10.0 Å². The number of anilines is 2. The molecule has 164 valence electrons. The first-order valence-electron chi connectivity index (χ1n) is 9.56. The van der Waals surface area contributed by atoms with Crippen molar-refractivity contribution >= 4 is 21.7 Å². The van der Waals surface area contributed by atoms with E-state index in [0.717, 1.165) is 12.1 Å². The molecule has 0 spiro atoms. The van der Waals surface area contributed by atoms with E-state index in [1.165, 1.54) is 6.07 Å². The Kier molecular flexibility index (Phi) is 5.82. The van der Waals surface area contributed by atoms with E-state index < -0.39 is 26.6 Å². The van der Waals surface area contributed by atoms with Gasteiger partial charge in [0.15, 0.2) is 0 Å². The van der Waals surface area contributed by atoms with E-state index >= 15 is 0 Å². The number of nitrogens with one attached hydrogen (secondary N) is 3. The smallest absolute Gasteiger partial charge is 0.264 e. The first kappa shape index (κ1) is 21.4. The predicted molar refractivity (Wildman–Crippen MR) is 116 cm³/mol. The van der Waals surface area contributed by atoms with E-state index in [1.54, 1.807) is 36.7 Å². The van der Waals surface area contributed by atoms with Crippen LogP contribution in [-0.4, -0.2) is 35.1 Å². The Morgan fingerprint density at radius 2 is 1.94 bits per heavy atom. The molecule has 0 amide bonds. The van der Waals surface area contributed by atoms with Gasteiger partial charge in [-0.2, -0.15) is 5.10 Å². The molecule has 0 fully saturated rings. The molecule has 0 saturated heterocycles. The molecular weight excluding hydrogens is 438 g/mol. The van der Waals surface area contributed by atoms with Gasteiger partial charge in [0.05, 0.1) is 17.6 Å². The van der Waals surface area contributed by atoms with E-state index in [4.69, 9.17) is 0 Å². The number of hydrogen-bond donors (Lipinski definition) is 3. The van der Waals surface area contributed by atoms with Crippen molar-refractivity contribution in [2.75, 3.05) is 16.6 Å². The number of nitrogens with zero attached hydrogens (tertiary/aromatic N) is 3. The first-order valence-corrected chi connectivity index (χ1v) is 11.0. The molecule has 0 bridgehead atoms. The summed E-state index contributed by atoms with van der Waals surface area (Å²) in [5.41, 5.74) is 2.68. The van der Waals surface area contributed by atoms with Gasteiger partial charge in [-0.25, -0.2) is 27.2 Å².